The van der Waals surface area contributed by atoms with Crippen molar-refractivity contribution in [3.05, 3.63) is 29.8 Å². The number of hydrogen-bond donors (Lipinski definition) is 0. The Hall–Kier alpha value is -2.06. The standard InChI is InChI=1S/C23H35BN2O5/c1-21(2,3)29-20(28)26-14-13-18(15-26)25(8)19(27)16-9-11-17(12-10-16)24-30-22(4,5)23(6,7)31-24/h9-12,18H,13-15H2,1-8H3. The highest BCUT2D eigenvalue weighted by Crippen LogP contribution is 2.36. The first-order chi connectivity index (χ1) is 14.2. The molecule has 1 aromatic carbocycles. The molecule has 0 saturated carbocycles. The molecule has 0 aliphatic carbocycles. The van der Waals surface area contributed by atoms with Crippen LogP contribution in [0.2, 0.25) is 0 Å². The Morgan fingerprint density at radius 1 is 1.10 bits per heavy atom. The highest BCUT2D eigenvalue weighted by atomic mass is 16.7. The molecule has 3 rings (SSSR count). The normalized spacial score (nSPS) is 22.5. The summed E-state index contributed by atoms with van der Waals surface area (Å²) in [4.78, 5) is 28.7. The van der Waals surface area contributed by atoms with Crippen LogP contribution < -0.4 is 5.46 Å². The maximum absolute atomic E-state index is 13.0. The van der Waals surface area contributed by atoms with Gasteiger partial charge >= 0.3 is 13.2 Å². The molecule has 2 aliphatic heterocycles. The van der Waals surface area contributed by atoms with Gasteiger partial charge in [0, 0.05) is 25.7 Å². The Morgan fingerprint density at radius 3 is 2.16 bits per heavy atom. The molecule has 170 valence electrons. The molecule has 2 amide bonds. The number of likely N-dealkylation sites (tertiary alicyclic amines) is 1. The summed E-state index contributed by atoms with van der Waals surface area (Å²) in [6, 6.07) is 7.33. The molecule has 1 unspecified atom stereocenters. The van der Waals surface area contributed by atoms with Gasteiger partial charge in [0.1, 0.15) is 5.60 Å². The molecule has 7 nitrogen and oxygen atoms in total. The van der Waals surface area contributed by atoms with E-state index in [1.165, 1.54) is 0 Å². The lowest BCUT2D eigenvalue weighted by Gasteiger charge is -2.32. The Bertz CT molecular complexity index is 815. The van der Waals surface area contributed by atoms with E-state index in [4.69, 9.17) is 14.0 Å². The molecule has 0 N–H and O–H groups in total. The summed E-state index contributed by atoms with van der Waals surface area (Å²) in [5, 5.41) is 0. The first-order valence-corrected chi connectivity index (χ1v) is 10.9. The number of rotatable bonds is 3. The van der Waals surface area contributed by atoms with E-state index in [9.17, 15) is 9.59 Å². The zero-order valence-electron chi connectivity index (χ0n) is 20.0. The Labute approximate surface area is 186 Å². The van der Waals surface area contributed by atoms with Crippen molar-refractivity contribution in [2.75, 3.05) is 20.1 Å². The predicted molar refractivity (Wildman–Crippen MR) is 120 cm³/mol. The lowest BCUT2D eigenvalue weighted by Crippen LogP contribution is -2.41. The predicted octanol–water partition coefficient (Wildman–Crippen LogP) is 3.07. The Balaban J connectivity index is 1.61. The third-order valence-electron chi connectivity index (χ3n) is 6.37. The molecular weight excluding hydrogens is 395 g/mol. The van der Waals surface area contributed by atoms with Crippen molar-refractivity contribution in [3.63, 3.8) is 0 Å². The maximum Gasteiger partial charge on any atom is 0.494 e. The number of carbonyl (C=O) groups is 2. The summed E-state index contributed by atoms with van der Waals surface area (Å²) < 4.78 is 17.6. The largest absolute Gasteiger partial charge is 0.494 e. The molecular formula is C23H35BN2O5. The highest BCUT2D eigenvalue weighted by molar-refractivity contribution is 6.62. The number of ether oxygens (including phenoxy) is 1. The first kappa shape index (κ1) is 23.6. The molecule has 2 saturated heterocycles. The smallest absolute Gasteiger partial charge is 0.444 e. The second kappa shape index (κ2) is 8.13. The molecule has 0 aromatic heterocycles. The molecule has 2 aliphatic rings. The van der Waals surface area contributed by atoms with Crippen molar-refractivity contribution < 1.29 is 23.6 Å². The molecule has 8 heteroatoms. The Morgan fingerprint density at radius 2 is 1.65 bits per heavy atom. The summed E-state index contributed by atoms with van der Waals surface area (Å²) in [5.41, 5.74) is 0.132. The van der Waals surface area contributed by atoms with E-state index in [2.05, 4.69) is 0 Å². The van der Waals surface area contributed by atoms with Gasteiger partial charge in [-0.3, -0.25) is 4.79 Å². The second-order valence-corrected chi connectivity index (χ2v) is 10.5. The van der Waals surface area contributed by atoms with Crippen molar-refractivity contribution in [2.45, 2.75) is 77.7 Å². The van der Waals surface area contributed by atoms with Crippen LogP contribution in [0.4, 0.5) is 4.79 Å². The van der Waals surface area contributed by atoms with Crippen molar-refractivity contribution in [1.82, 2.24) is 9.80 Å². The van der Waals surface area contributed by atoms with Crippen LogP contribution in [0, 0.1) is 0 Å². The fourth-order valence-electron chi connectivity index (χ4n) is 3.68. The summed E-state index contributed by atoms with van der Waals surface area (Å²) in [7, 11) is 1.33. The summed E-state index contributed by atoms with van der Waals surface area (Å²) in [5.74, 6) is -0.0727. The van der Waals surface area contributed by atoms with Gasteiger partial charge in [-0.1, -0.05) is 12.1 Å². The number of likely N-dealkylation sites (N-methyl/N-ethyl adjacent to an activating group) is 1. The lowest BCUT2D eigenvalue weighted by atomic mass is 9.79. The van der Waals surface area contributed by atoms with Gasteiger partial charge in [0.25, 0.3) is 5.91 Å². The molecule has 0 spiro atoms. The van der Waals surface area contributed by atoms with Crippen molar-refractivity contribution in [2.24, 2.45) is 0 Å². The van der Waals surface area contributed by atoms with Gasteiger partial charge in [0.05, 0.1) is 17.2 Å². The minimum absolute atomic E-state index is 0.0391. The van der Waals surface area contributed by atoms with Crippen LogP contribution in [0.1, 0.15) is 65.2 Å². The van der Waals surface area contributed by atoms with E-state index in [1.807, 2.05) is 60.6 Å². The molecule has 0 bridgehead atoms. The van der Waals surface area contributed by atoms with Gasteiger partial charge in [-0.25, -0.2) is 4.79 Å². The van der Waals surface area contributed by atoms with Gasteiger partial charge in [0.2, 0.25) is 0 Å². The lowest BCUT2D eigenvalue weighted by molar-refractivity contribution is 0.00578. The van der Waals surface area contributed by atoms with Crippen LogP contribution >= 0.6 is 0 Å². The van der Waals surface area contributed by atoms with Crippen molar-refractivity contribution in [1.29, 1.82) is 0 Å². The fraction of sp³-hybridized carbons (Fsp3) is 0.652. The average Bonchev–Trinajstić information content (AvgIpc) is 3.22. The van der Waals surface area contributed by atoms with Crippen molar-refractivity contribution in [3.8, 4) is 0 Å². The third kappa shape index (κ3) is 5.06. The van der Waals surface area contributed by atoms with E-state index in [0.29, 0.717) is 18.7 Å². The fourth-order valence-corrected chi connectivity index (χ4v) is 3.68. The number of benzene rings is 1. The quantitative estimate of drug-likeness (QED) is 0.690. The van der Waals surface area contributed by atoms with Crippen LogP contribution in [-0.2, 0) is 14.0 Å². The van der Waals surface area contributed by atoms with Gasteiger partial charge < -0.3 is 23.8 Å². The minimum atomic E-state index is -0.532. The van der Waals surface area contributed by atoms with Crippen LogP contribution in [0.25, 0.3) is 0 Å². The summed E-state index contributed by atoms with van der Waals surface area (Å²) >= 11 is 0. The molecule has 2 fully saturated rings. The third-order valence-corrected chi connectivity index (χ3v) is 6.37. The molecule has 1 aromatic rings. The SMILES string of the molecule is CN(C(=O)c1ccc(B2OC(C)(C)C(C)(C)O2)cc1)C1CCN(C(=O)OC(C)(C)C)C1. The van der Waals surface area contributed by atoms with Crippen molar-refractivity contribution >= 4 is 24.6 Å². The average molecular weight is 430 g/mol. The van der Waals surface area contributed by atoms with Gasteiger partial charge in [0.15, 0.2) is 0 Å². The van der Waals surface area contributed by atoms with Crippen LogP contribution in [-0.4, -0.2) is 71.9 Å². The molecule has 1 atom stereocenters. The zero-order chi connectivity index (χ0) is 23.2. The molecule has 31 heavy (non-hydrogen) atoms. The number of amides is 2. The zero-order valence-corrected chi connectivity index (χ0v) is 20.0. The van der Waals surface area contributed by atoms with E-state index in [0.717, 1.165) is 11.9 Å². The molecule has 2 heterocycles. The van der Waals surface area contributed by atoms with Crippen LogP contribution in [0.3, 0.4) is 0 Å². The minimum Gasteiger partial charge on any atom is -0.444 e. The summed E-state index contributed by atoms with van der Waals surface area (Å²) in [6.07, 6.45) is 0.399. The molecule has 0 radical (unpaired) electrons. The van der Waals surface area contributed by atoms with Gasteiger partial charge in [-0.15, -0.1) is 0 Å². The maximum atomic E-state index is 13.0. The first-order valence-electron chi connectivity index (χ1n) is 10.9. The van der Waals surface area contributed by atoms with E-state index >= 15 is 0 Å². The highest BCUT2D eigenvalue weighted by Gasteiger charge is 2.51. The van der Waals surface area contributed by atoms with Gasteiger partial charge in [-0.05, 0) is 72.5 Å². The Kier molecular flexibility index (Phi) is 6.19. The van der Waals surface area contributed by atoms with Crippen LogP contribution in [0.15, 0.2) is 24.3 Å². The number of hydrogen-bond acceptors (Lipinski definition) is 5. The monoisotopic (exact) mass is 430 g/mol. The number of carbonyl (C=O) groups excluding carboxylic acids is 2. The van der Waals surface area contributed by atoms with Gasteiger partial charge in [-0.2, -0.15) is 0 Å². The number of nitrogens with zero attached hydrogens (tertiary/aromatic N) is 2. The van der Waals surface area contributed by atoms with E-state index in [-0.39, 0.29) is 18.0 Å². The second-order valence-electron chi connectivity index (χ2n) is 10.5. The van der Waals surface area contributed by atoms with E-state index < -0.39 is 23.9 Å². The topological polar surface area (TPSA) is 68.3 Å². The van der Waals surface area contributed by atoms with E-state index in [1.54, 1.807) is 29.0 Å². The van der Waals surface area contributed by atoms with Crippen LogP contribution in [0.5, 0.6) is 0 Å². The summed E-state index contributed by atoms with van der Waals surface area (Å²) in [6.45, 7) is 14.7.